The van der Waals surface area contributed by atoms with Crippen LogP contribution in [0, 0.1) is 0 Å². The molecule has 2 amide bonds. The van der Waals surface area contributed by atoms with E-state index in [0.717, 1.165) is 23.5 Å². The van der Waals surface area contributed by atoms with Gasteiger partial charge in [-0.05, 0) is 20.8 Å². The number of carbonyl (C=O) groups is 2. The van der Waals surface area contributed by atoms with Crippen LogP contribution < -0.4 is 10.6 Å². The fourth-order valence-electron chi connectivity index (χ4n) is 2.24. The van der Waals surface area contributed by atoms with Gasteiger partial charge in [0.2, 0.25) is 5.91 Å². The van der Waals surface area contributed by atoms with Crippen molar-refractivity contribution < 1.29 is 14.3 Å². The highest BCUT2D eigenvalue weighted by Gasteiger charge is 2.24. The lowest BCUT2D eigenvalue weighted by atomic mass is 10.1. The predicted octanol–water partition coefficient (Wildman–Crippen LogP) is 1.59. The van der Waals surface area contributed by atoms with E-state index in [4.69, 9.17) is 0 Å². The first-order chi connectivity index (χ1) is 10.3. The SMILES string of the molecule is COC(=O)Nc1nc2c(s1)CN(CC(=O)NC(C)(C)C)CC2. The van der Waals surface area contributed by atoms with Gasteiger partial charge in [0.25, 0.3) is 0 Å². The number of hydrogen-bond acceptors (Lipinski definition) is 6. The normalized spacial score (nSPS) is 15.1. The summed E-state index contributed by atoms with van der Waals surface area (Å²) in [5, 5.41) is 6.09. The fraction of sp³-hybridized carbons (Fsp3) is 0.643. The fourth-order valence-corrected chi connectivity index (χ4v) is 3.27. The maximum atomic E-state index is 12.0. The third-order valence-corrected chi connectivity index (χ3v) is 4.08. The van der Waals surface area contributed by atoms with Crippen LogP contribution in [0.1, 0.15) is 31.3 Å². The number of amides is 2. The molecule has 1 aliphatic heterocycles. The number of nitrogens with one attached hydrogen (secondary N) is 2. The van der Waals surface area contributed by atoms with Gasteiger partial charge in [0, 0.05) is 29.9 Å². The van der Waals surface area contributed by atoms with E-state index in [1.54, 1.807) is 0 Å². The van der Waals surface area contributed by atoms with Crippen LogP contribution >= 0.6 is 11.3 Å². The van der Waals surface area contributed by atoms with Crippen LogP contribution in [0.2, 0.25) is 0 Å². The standard InChI is InChI=1S/C14H22N4O3S/c1-14(2,3)17-11(19)8-18-6-5-9-10(7-18)22-12(15-9)16-13(20)21-4/h5-8H2,1-4H3,(H,17,19)(H,15,16,20). The largest absolute Gasteiger partial charge is 0.453 e. The quantitative estimate of drug-likeness (QED) is 0.881. The number of nitrogens with zero attached hydrogens (tertiary/aromatic N) is 2. The van der Waals surface area contributed by atoms with Gasteiger partial charge in [-0.2, -0.15) is 0 Å². The number of fused-ring (bicyclic) bond motifs is 1. The van der Waals surface area contributed by atoms with Crippen molar-refractivity contribution in [1.82, 2.24) is 15.2 Å². The molecule has 22 heavy (non-hydrogen) atoms. The average Bonchev–Trinajstić information content (AvgIpc) is 2.77. The van der Waals surface area contributed by atoms with Crippen LogP contribution in [0.4, 0.5) is 9.93 Å². The molecule has 2 heterocycles. The van der Waals surface area contributed by atoms with E-state index < -0.39 is 6.09 Å². The Balaban J connectivity index is 1.94. The molecule has 0 bridgehead atoms. The number of hydrogen-bond donors (Lipinski definition) is 2. The molecule has 0 saturated heterocycles. The minimum Gasteiger partial charge on any atom is -0.453 e. The highest BCUT2D eigenvalue weighted by molar-refractivity contribution is 7.15. The lowest BCUT2D eigenvalue weighted by Gasteiger charge is -2.27. The molecule has 0 aliphatic carbocycles. The van der Waals surface area contributed by atoms with Crippen molar-refractivity contribution in [3.8, 4) is 0 Å². The van der Waals surface area contributed by atoms with Gasteiger partial charge in [0.1, 0.15) is 0 Å². The lowest BCUT2D eigenvalue weighted by Crippen LogP contribution is -2.46. The molecule has 1 aliphatic rings. The molecular weight excluding hydrogens is 304 g/mol. The van der Waals surface area contributed by atoms with Gasteiger partial charge in [-0.25, -0.2) is 9.78 Å². The molecule has 2 rings (SSSR count). The number of anilines is 1. The van der Waals surface area contributed by atoms with E-state index >= 15 is 0 Å². The number of carbonyl (C=O) groups excluding carboxylic acids is 2. The first-order valence-corrected chi connectivity index (χ1v) is 7.95. The van der Waals surface area contributed by atoms with Crippen molar-refractivity contribution >= 4 is 28.5 Å². The summed E-state index contributed by atoms with van der Waals surface area (Å²) < 4.78 is 4.56. The molecule has 0 saturated carbocycles. The minimum absolute atomic E-state index is 0.0216. The van der Waals surface area contributed by atoms with Gasteiger partial charge < -0.3 is 10.1 Å². The van der Waals surface area contributed by atoms with E-state index in [1.807, 2.05) is 20.8 Å². The molecule has 0 spiro atoms. The van der Waals surface area contributed by atoms with E-state index in [0.29, 0.717) is 18.2 Å². The maximum Gasteiger partial charge on any atom is 0.413 e. The number of thiazole rings is 1. The summed E-state index contributed by atoms with van der Waals surface area (Å²) in [4.78, 5) is 30.8. The topological polar surface area (TPSA) is 83.6 Å². The molecule has 0 atom stereocenters. The van der Waals surface area contributed by atoms with Gasteiger partial charge in [0.15, 0.2) is 5.13 Å². The first-order valence-electron chi connectivity index (χ1n) is 7.14. The summed E-state index contributed by atoms with van der Waals surface area (Å²) in [5.74, 6) is 0.0216. The molecule has 0 aromatic carbocycles. The van der Waals surface area contributed by atoms with E-state index in [9.17, 15) is 9.59 Å². The van der Waals surface area contributed by atoms with Crippen molar-refractivity contribution in [2.24, 2.45) is 0 Å². The Morgan fingerprint density at radius 3 is 2.77 bits per heavy atom. The molecule has 1 aromatic rings. The van der Waals surface area contributed by atoms with E-state index in [2.05, 4.69) is 25.3 Å². The van der Waals surface area contributed by atoms with Crippen LogP contribution in [0.5, 0.6) is 0 Å². The van der Waals surface area contributed by atoms with Gasteiger partial charge in [-0.1, -0.05) is 11.3 Å². The zero-order chi connectivity index (χ0) is 16.3. The Hall–Kier alpha value is -1.67. The molecule has 1 aromatic heterocycles. The molecule has 0 radical (unpaired) electrons. The maximum absolute atomic E-state index is 12.0. The number of aromatic nitrogens is 1. The average molecular weight is 326 g/mol. The van der Waals surface area contributed by atoms with Gasteiger partial charge in [-0.3, -0.25) is 15.0 Å². The number of ether oxygens (including phenoxy) is 1. The van der Waals surface area contributed by atoms with Crippen molar-refractivity contribution in [3.05, 3.63) is 10.6 Å². The minimum atomic E-state index is -0.521. The van der Waals surface area contributed by atoms with Crippen LogP contribution in [-0.4, -0.2) is 47.6 Å². The van der Waals surface area contributed by atoms with Gasteiger partial charge in [-0.15, -0.1) is 0 Å². The van der Waals surface area contributed by atoms with E-state index in [1.165, 1.54) is 18.4 Å². The highest BCUT2D eigenvalue weighted by atomic mass is 32.1. The monoisotopic (exact) mass is 326 g/mol. The Morgan fingerprint density at radius 2 is 2.14 bits per heavy atom. The Kier molecular flexibility index (Phi) is 5.02. The van der Waals surface area contributed by atoms with Crippen molar-refractivity contribution in [3.63, 3.8) is 0 Å². The van der Waals surface area contributed by atoms with Crippen LogP contribution in [-0.2, 0) is 22.5 Å². The first kappa shape index (κ1) is 16.7. The second-order valence-electron chi connectivity index (χ2n) is 6.26. The van der Waals surface area contributed by atoms with Crippen molar-refractivity contribution in [2.75, 3.05) is 25.5 Å². The Bertz CT molecular complexity index is 565. The number of rotatable bonds is 3. The third kappa shape index (κ3) is 4.67. The van der Waals surface area contributed by atoms with Crippen molar-refractivity contribution in [1.29, 1.82) is 0 Å². The van der Waals surface area contributed by atoms with Crippen LogP contribution in [0.25, 0.3) is 0 Å². The Labute approximate surface area is 134 Å². The summed E-state index contributed by atoms with van der Waals surface area (Å²) in [6, 6.07) is 0. The molecular formula is C14H22N4O3S. The zero-order valence-electron chi connectivity index (χ0n) is 13.4. The molecule has 122 valence electrons. The molecule has 7 nitrogen and oxygen atoms in total. The molecule has 2 N–H and O–H groups in total. The summed E-state index contributed by atoms with van der Waals surface area (Å²) >= 11 is 1.43. The predicted molar refractivity (Wildman–Crippen MR) is 85.0 cm³/mol. The second kappa shape index (κ2) is 6.62. The van der Waals surface area contributed by atoms with Crippen LogP contribution in [0.15, 0.2) is 0 Å². The Morgan fingerprint density at radius 1 is 1.41 bits per heavy atom. The molecule has 0 fully saturated rings. The van der Waals surface area contributed by atoms with Crippen LogP contribution in [0.3, 0.4) is 0 Å². The smallest absolute Gasteiger partial charge is 0.413 e. The zero-order valence-corrected chi connectivity index (χ0v) is 14.2. The molecule has 0 unspecified atom stereocenters. The summed E-state index contributed by atoms with van der Waals surface area (Å²) in [6.07, 6.45) is 0.254. The summed E-state index contributed by atoms with van der Waals surface area (Å²) in [5.41, 5.74) is 0.768. The van der Waals surface area contributed by atoms with E-state index in [-0.39, 0.29) is 11.4 Å². The van der Waals surface area contributed by atoms with Gasteiger partial charge in [0.05, 0.1) is 19.3 Å². The van der Waals surface area contributed by atoms with Crippen molar-refractivity contribution in [2.45, 2.75) is 39.3 Å². The summed E-state index contributed by atoms with van der Waals surface area (Å²) in [7, 11) is 1.32. The molecule has 8 heteroatoms. The number of methoxy groups -OCH3 is 1. The lowest BCUT2D eigenvalue weighted by molar-refractivity contribution is -0.123. The van der Waals surface area contributed by atoms with Gasteiger partial charge >= 0.3 is 6.09 Å². The second-order valence-corrected chi connectivity index (χ2v) is 7.35. The summed E-state index contributed by atoms with van der Waals surface area (Å²) in [6.45, 7) is 7.72. The highest BCUT2D eigenvalue weighted by Crippen LogP contribution is 2.28. The third-order valence-electron chi connectivity index (χ3n) is 3.09.